The molecule has 0 saturated carbocycles. The van der Waals surface area contributed by atoms with Crippen molar-refractivity contribution in [3.63, 3.8) is 0 Å². The van der Waals surface area contributed by atoms with Crippen molar-refractivity contribution in [2.75, 3.05) is 4.72 Å². The number of thiocarbonyl (C=S) groups is 1. The van der Waals surface area contributed by atoms with Crippen molar-refractivity contribution in [3.8, 4) is 0 Å². The van der Waals surface area contributed by atoms with Gasteiger partial charge in [0.1, 0.15) is 9.88 Å². The molecule has 2 rings (SSSR count). The second-order valence-electron chi connectivity index (χ2n) is 4.09. The summed E-state index contributed by atoms with van der Waals surface area (Å²) in [6.07, 6.45) is 0. The summed E-state index contributed by atoms with van der Waals surface area (Å²) in [7, 11) is -3.83. The van der Waals surface area contributed by atoms with Crippen LogP contribution >= 0.6 is 39.7 Å². The minimum Gasteiger partial charge on any atom is -0.389 e. The van der Waals surface area contributed by atoms with Gasteiger partial charge in [0.25, 0.3) is 10.0 Å². The van der Waals surface area contributed by atoms with Crippen LogP contribution in [0.3, 0.4) is 0 Å². The Morgan fingerprint density at radius 2 is 1.90 bits per heavy atom. The number of rotatable bonds is 4. The number of nitrogens with two attached hydrogens (primary N) is 1. The number of sulfonamides is 1. The first-order valence-electron chi connectivity index (χ1n) is 5.68. The molecule has 0 amide bonds. The average Bonchev–Trinajstić information content (AvgIpc) is 2.37. The topological polar surface area (TPSA) is 72.2 Å². The van der Waals surface area contributed by atoms with Crippen LogP contribution in [-0.2, 0) is 10.0 Å². The summed E-state index contributed by atoms with van der Waals surface area (Å²) in [5, 5.41) is 0.115. The van der Waals surface area contributed by atoms with E-state index in [2.05, 4.69) is 20.7 Å². The summed E-state index contributed by atoms with van der Waals surface area (Å²) in [5.74, 6) is 0. The van der Waals surface area contributed by atoms with Crippen LogP contribution in [0.15, 0.2) is 51.8 Å². The molecule has 0 heterocycles. The summed E-state index contributed by atoms with van der Waals surface area (Å²) in [6.45, 7) is 0. The number of halogens is 2. The van der Waals surface area contributed by atoms with E-state index in [1.807, 2.05) is 0 Å². The van der Waals surface area contributed by atoms with Gasteiger partial charge in [0, 0.05) is 10.0 Å². The normalized spacial score (nSPS) is 11.1. The van der Waals surface area contributed by atoms with E-state index < -0.39 is 10.0 Å². The van der Waals surface area contributed by atoms with Gasteiger partial charge in [-0.2, -0.15) is 0 Å². The predicted octanol–water partition coefficient (Wildman–Crippen LogP) is 3.54. The molecule has 0 aliphatic rings. The van der Waals surface area contributed by atoms with Gasteiger partial charge < -0.3 is 5.73 Å². The van der Waals surface area contributed by atoms with Crippen LogP contribution in [0.25, 0.3) is 0 Å². The Hall–Kier alpha value is -1.15. The Bertz CT molecular complexity index is 810. The van der Waals surface area contributed by atoms with E-state index in [9.17, 15) is 8.42 Å². The summed E-state index contributed by atoms with van der Waals surface area (Å²) in [5.41, 5.74) is 6.34. The first kappa shape index (κ1) is 16.2. The van der Waals surface area contributed by atoms with E-state index >= 15 is 0 Å². The second kappa shape index (κ2) is 6.31. The lowest BCUT2D eigenvalue weighted by Crippen LogP contribution is -2.18. The van der Waals surface area contributed by atoms with Gasteiger partial charge in [-0.05, 0) is 30.3 Å². The predicted molar refractivity (Wildman–Crippen MR) is 92.3 cm³/mol. The van der Waals surface area contributed by atoms with E-state index in [0.717, 1.165) is 0 Å². The average molecular weight is 406 g/mol. The smallest absolute Gasteiger partial charge is 0.263 e. The molecule has 4 nitrogen and oxygen atoms in total. The highest BCUT2D eigenvalue weighted by Crippen LogP contribution is 2.27. The van der Waals surface area contributed by atoms with Crippen molar-refractivity contribution in [2.45, 2.75) is 4.90 Å². The maximum absolute atomic E-state index is 12.4. The minimum absolute atomic E-state index is 0.0230. The molecule has 0 radical (unpaired) electrons. The second-order valence-corrected chi connectivity index (χ2v) is 7.50. The molecule has 8 heteroatoms. The first-order valence-corrected chi connectivity index (χ1v) is 8.74. The Morgan fingerprint density at radius 1 is 1.24 bits per heavy atom. The lowest BCUT2D eigenvalue weighted by atomic mass is 10.2. The van der Waals surface area contributed by atoms with Crippen molar-refractivity contribution in [2.24, 2.45) is 5.73 Å². The molecular formula is C13H10BrClN2O2S2. The van der Waals surface area contributed by atoms with Gasteiger partial charge in [0.15, 0.2) is 0 Å². The van der Waals surface area contributed by atoms with E-state index in [4.69, 9.17) is 29.6 Å². The highest BCUT2D eigenvalue weighted by atomic mass is 79.9. The molecule has 0 spiro atoms. The maximum Gasteiger partial charge on any atom is 0.263 e. The highest BCUT2D eigenvalue weighted by molar-refractivity contribution is 9.10. The van der Waals surface area contributed by atoms with Gasteiger partial charge in [-0.3, -0.25) is 4.72 Å². The van der Waals surface area contributed by atoms with Crippen LogP contribution < -0.4 is 10.5 Å². The van der Waals surface area contributed by atoms with Crippen molar-refractivity contribution in [1.82, 2.24) is 0 Å². The van der Waals surface area contributed by atoms with Gasteiger partial charge in [-0.1, -0.05) is 51.9 Å². The van der Waals surface area contributed by atoms with Crippen LogP contribution in [0.2, 0.25) is 5.02 Å². The molecule has 0 bridgehead atoms. The number of benzene rings is 2. The molecule has 0 atom stereocenters. The van der Waals surface area contributed by atoms with Crippen molar-refractivity contribution in [1.29, 1.82) is 0 Å². The van der Waals surface area contributed by atoms with Crippen LogP contribution in [0, 0.1) is 0 Å². The lowest BCUT2D eigenvalue weighted by Gasteiger charge is -2.12. The Morgan fingerprint density at radius 3 is 2.52 bits per heavy atom. The van der Waals surface area contributed by atoms with Gasteiger partial charge >= 0.3 is 0 Å². The summed E-state index contributed by atoms with van der Waals surface area (Å²) >= 11 is 14.1. The standard InChI is InChI=1S/C13H10BrClN2O2S2/c14-8-5-6-12(10(15)7-8)21(18,19)17-11-4-2-1-3-9(11)13(16)20/h1-7,17H,(H2,16,20). The SMILES string of the molecule is NC(=S)c1ccccc1NS(=O)(=O)c1ccc(Br)cc1Cl. The third-order valence-corrected chi connectivity index (χ3v) is 5.18. The molecule has 0 unspecified atom stereocenters. The number of para-hydroxylation sites is 1. The Balaban J connectivity index is 2.45. The zero-order valence-electron chi connectivity index (χ0n) is 10.5. The summed E-state index contributed by atoms with van der Waals surface area (Å²) in [6, 6.07) is 11.2. The largest absolute Gasteiger partial charge is 0.389 e. The van der Waals surface area contributed by atoms with Gasteiger partial charge in [0.2, 0.25) is 0 Å². The monoisotopic (exact) mass is 404 g/mol. The van der Waals surface area contributed by atoms with Crippen LogP contribution in [0.5, 0.6) is 0 Å². The molecule has 0 aliphatic heterocycles. The lowest BCUT2D eigenvalue weighted by molar-refractivity contribution is 0.601. The van der Waals surface area contributed by atoms with E-state index in [-0.39, 0.29) is 14.9 Å². The number of hydrogen-bond acceptors (Lipinski definition) is 3. The van der Waals surface area contributed by atoms with Crippen LogP contribution in [0.4, 0.5) is 5.69 Å². The molecule has 0 aliphatic carbocycles. The number of hydrogen-bond donors (Lipinski definition) is 2. The molecule has 21 heavy (non-hydrogen) atoms. The van der Waals surface area contributed by atoms with Crippen molar-refractivity contribution < 1.29 is 8.42 Å². The fourth-order valence-corrected chi connectivity index (χ4v) is 3.98. The fourth-order valence-electron chi connectivity index (χ4n) is 1.68. The molecular weight excluding hydrogens is 396 g/mol. The van der Waals surface area contributed by atoms with Gasteiger partial charge in [0.05, 0.1) is 10.7 Å². The highest BCUT2D eigenvalue weighted by Gasteiger charge is 2.19. The quantitative estimate of drug-likeness (QED) is 0.763. The zero-order valence-corrected chi connectivity index (χ0v) is 14.5. The molecule has 2 aromatic rings. The van der Waals surface area contributed by atoms with Crippen molar-refractivity contribution >= 4 is 60.4 Å². The third-order valence-electron chi connectivity index (χ3n) is 2.62. The first-order chi connectivity index (χ1) is 9.81. The van der Waals surface area contributed by atoms with E-state index in [1.165, 1.54) is 12.1 Å². The summed E-state index contributed by atoms with van der Waals surface area (Å²) in [4.78, 5) is 0.0836. The number of anilines is 1. The molecule has 110 valence electrons. The fraction of sp³-hybridized carbons (Fsp3) is 0. The summed E-state index contributed by atoms with van der Waals surface area (Å²) < 4.78 is 28.0. The van der Waals surface area contributed by atoms with Crippen LogP contribution in [-0.4, -0.2) is 13.4 Å². The molecule has 0 fully saturated rings. The Labute approximate surface area is 141 Å². The third kappa shape index (κ3) is 3.74. The van der Waals surface area contributed by atoms with E-state index in [1.54, 1.807) is 30.3 Å². The van der Waals surface area contributed by atoms with Crippen LogP contribution in [0.1, 0.15) is 5.56 Å². The number of nitrogens with one attached hydrogen (secondary N) is 1. The van der Waals surface area contributed by atoms with Crippen molar-refractivity contribution in [3.05, 3.63) is 57.5 Å². The van der Waals surface area contributed by atoms with Gasteiger partial charge in [-0.25, -0.2) is 8.42 Å². The zero-order chi connectivity index (χ0) is 15.6. The maximum atomic E-state index is 12.4. The molecule has 0 saturated heterocycles. The molecule has 0 aromatic heterocycles. The molecule has 2 aromatic carbocycles. The van der Waals surface area contributed by atoms with Gasteiger partial charge in [-0.15, -0.1) is 0 Å². The molecule has 3 N–H and O–H groups in total. The minimum atomic E-state index is -3.83. The Kier molecular flexibility index (Phi) is 4.88. The van der Waals surface area contributed by atoms with E-state index in [0.29, 0.717) is 15.7 Å².